The number of nitrogens with zero attached hydrogens (tertiary/aromatic N) is 2. The number of carboxylic acid groups (broad SMARTS) is 1. The molecule has 1 spiro atoms. The molecule has 3 fully saturated rings. The van der Waals surface area contributed by atoms with E-state index in [4.69, 9.17) is 9.57 Å². The van der Waals surface area contributed by atoms with Crippen molar-refractivity contribution >= 4 is 11.7 Å². The molecule has 0 aromatic heterocycles. The van der Waals surface area contributed by atoms with Crippen molar-refractivity contribution in [1.29, 1.82) is 0 Å². The molecule has 1 saturated heterocycles. The lowest BCUT2D eigenvalue weighted by atomic mass is 9.76. The fraction of sp³-hybridized carbons (Fsp3) is 0.586. The van der Waals surface area contributed by atoms with Crippen LogP contribution in [0.25, 0.3) is 0 Å². The van der Waals surface area contributed by atoms with Crippen LogP contribution in [0.15, 0.2) is 59.0 Å². The van der Waals surface area contributed by atoms with Gasteiger partial charge in [-0.3, -0.25) is 9.69 Å². The Hall–Kier alpha value is -2.67. The Morgan fingerprint density at radius 3 is 2.47 bits per heavy atom. The Morgan fingerprint density at radius 2 is 1.83 bits per heavy atom. The first-order valence-corrected chi connectivity index (χ1v) is 13.3. The van der Waals surface area contributed by atoms with Crippen LogP contribution in [-0.2, 0) is 14.4 Å². The van der Waals surface area contributed by atoms with Gasteiger partial charge in [-0.1, -0.05) is 41.1 Å². The highest BCUT2D eigenvalue weighted by atomic mass is 19.1. The van der Waals surface area contributed by atoms with Crippen LogP contribution in [0.2, 0.25) is 0 Å². The molecule has 6 rings (SSSR count). The van der Waals surface area contributed by atoms with Crippen LogP contribution in [0.3, 0.4) is 0 Å². The summed E-state index contributed by atoms with van der Waals surface area (Å²) in [5.41, 5.74) is 1.40. The van der Waals surface area contributed by atoms with Gasteiger partial charge in [0.05, 0.1) is 18.7 Å². The Morgan fingerprint density at radius 1 is 1.14 bits per heavy atom. The first-order valence-electron chi connectivity index (χ1n) is 13.3. The van der Waals surface area contributed by atoms with Crippen LogP contribution in [0.5, 0.6) is 0 Å². The van der Waals surface area contributed by atoms with Crippen molar-refractivity contribution in [3.05, 3.63) is 59.4 Å². The molecule has 0 amide bonds. The number of aliphatic carboxylic acids is 1. The highest BCUT2D eigenvalue weighted by molar-refractivity contribution is 5.89. The molecule has 3 aliphatic carbocycles. The standard InChI is InChI=1S/C29H35FN2O4/c1-35-26-13-23(19-5-3-2-4-6-19)24(20-7-8-20)14-29(26,30)18-32-16-28(17-32)15-25(31-36-28)21-9-11-22(12-10-21)27(33)34/h2-6,13-14,20-23H,7-12,15-18H2,1H3,(H,33,34)/t21-,22-,23?,29?. The maximum Gasteiger partial charge on any atom is 0.306 e. The summed E-state index contributed by atoms with van der Waals surface area (Å²) < 4.78 is 22.2. The summed E-state index contributed by atoms with van der Waals surface area (Å²) in [5.74, 6) is 0.291. The SMILES string of the molecule is COC1=CC(c2ccccc2)C(C2CC2)=CC1(F)CN1CC2(CC([C@H]3CC[C@H](C(=O)O)CC3)=NO2)C1. The van der Waals surface area contributed by atoms with Gasteiger partial charge >= 0.3 is 5.97 Å². The number of likely N-dealkylation sites (tertiary alicyclic amines) is 1. The second kappa shape index (κ2) is 9.02. The molecule has 6 nitrogen and oxygen atoms in total. The summed E-state index contributed by atoms with van der Waals surface area (Å²) in [5, 5.41) is 13.7. The number of hydrogen-bond acceptors (Lipinski definition) is 5. The Bertz CT molecular complexity index is 1100. The van der Waals surface area contributed by atoms with E-state index in [0.29, 0.717) is 43.5 Å². The summed E-state index contributed by atoms with van der Waals surface area (Å²) in [6.07, 6.45) is 9.95. The number of methoxy groups -OCH3 is 1. The average Bonchev–Trinajstić information content (AvgIpc) is 3.62. The molecule has 0 bridgehead atoms. The second-order valence-corrected chi connectivity index (χ2v) is 11.5. The molecule has 7 heteroatoms. The number of allylic oxidation sites excluding steroid dienone is 2. The van der Waals surface area contributed by atoms with Gasteiger partial charge in [-0.05, 0) is 62.2 Å². The van der Waals surface area contributed by atoms with Crippen molar-refractivity contribution in [2.75, 3.05) is 26.7 Å². The van der Waals surface area contributed by atoms with Crippen molar-refractivity contribution in [2.45, 2.75) is 62.1 Å². The van der Waals surface area contributed by atoms with E-state index in [1.54, 1.807) is 7.11 Å². The van der Waals surface area contributed by atoms with Crippen molar-refractivity contribution < 1.29 is 23.9 Å². The third-order valence-electron chi connectivity index (χ3n) is 8.79. The maximum atomic E-state index is 16.6. The van der Waals surface area contributed by atoms with Crippen molar-refractivity contribution in [3.63, 3.8) is 0 Å². The van der Waals surface area contributed by atoms with Gasteiger partial charge in [0.15, 0.2) is 11.3 Å². The fourth-order valence-electron chi connectivity index (χ4n) is 6.73. The highest BCUT2D eigenvalue weighted by Crippen LogP contribution is 2.50. The number of alkyl halides is 1. The molecule has 2 saturated carbocycles. The van der Waals surface area contributed by atoms with Crippen molar-refractivity contribution in [2.24, 2.45) is 22.9 Å². The minimum Gasteiger partial charge on any atom is -0.498 e. The van der Waals surface area contributed by atoms with Crippen LogP contribution < -0.4 is 0 Å². The number of carboxylic acids is 1. The topological polar surface area (TPSA) is 71.4 Å². The van der Waals surface area contributed by atoms with Crippen LogP contribution in [0.4, 0.5) is 4.39 Å². The van der Waals surface area contributed by atoms with E-state index in [2.05, 4.69) is 22.2 Å². The molecular formula is C29H35FN2O4. The average molecular weight is 495 g/mol. The van der Waals surface area contributed by atoms with Crippen LogP contribution in [-0.4, -0.2) is 59.7 Å². The lowest BCUT2D eigenvalue weighted by molar-refractivity contribution is -0.142. The smallest absolute Gasteiger partial charge is 0.306 e. The number of oxime groups is 1. The minimum atomic E-state index is -1.66. The number of benzene rings is 1. The zero-order valence-electron chi connectivity index (χ0n) is 20.9. The molecular weight excluding hydrogens is 459 g/mol. The zero-order chi connectivity index (χ0) is 24.9. The summed E-state index contributed by atoms with van der Waals surface area (Å²) in [6.45, 7) is 1.53. The van der Waals surface area contributed by atoms with E-state index < -0.39 is 11.6 Å². The summed E-state index contributed by atoms with van der Waals surface area (Å²) in [4.78, 5) is 19.3. The number of ether oxygens (including phenoxy) is 1. The predicted octanol–water partition coefficient (Wildman–Crippen LogP) is 5.08. The molecule has 36 heavy (non-hydrogen) atoms. The molecule has 1 aromatic rings. The lowest BCUT2D eigenvalue weighted by Gasteiger charge is -2.48. The summed E-state index contributed by atoms with van der Waals surface area (Å²) in [6, 6.07) is 10.3. The number of rotatable bonds is 7. The second-order valence-electron chi connectivity index (χ2n) is 11.5. The molecule has 2 heterocycles. The number of halogens is 1. The normalized spacial score (nSPS) is 33.7. The van der Waals surface area contributed by atoms with E-state index in [-0.39, 0.29) is 24.0 Å². The first kappa shape index (κ1) is 23.7. The Kier molecular flexibility index (Phi) is 5.94. The molecule has 2 unspecified atom stereocenters. The van der Waals surface area contributed by atoms with E-state index in [1.165, 1.54) is 11.1 Å². The summed E-state index contributed by atoms with van der Waals surface area (Å²) in [7, 11) is 1.56. The van der Waals surface area contributed by atoms with Gasteiger partial charge in [0.1, 0.15) is 5.76 Å². The van der Waals surface area contributed by atoms with Gasteiger partial charge in [0.2, 0.25) is 0 Å². The summed E-state index contributed by atoms with van der Waals surface area (Å²) >= 11 is 0. The number of hydrogen-bond donors (Lipinski definition) is 1. The molecule has 1 aromatic carbocycles. The maximum absolute atomic E-state index is 16.6. The van der Waals surface area contributed by atoms with Crippen molar-refractivity contribution in [1.82, 2.24) is 4.90 Å². The lowest BCUT2D eigenvalue weighted by Crippen LogP contribution is -2.64. The highest BCUT2D eigenvalue weighted by Gasteiger charge is 2.54. The monoisotopic (exact) mass is 494 g/mol. The van der Waals surface area contributed by atoms with Crippen molar-refractivity contribution in [3.8, 4) is 0 Å². The largest absolute Gasteiger partial charge is 0.498 e. The van der Waals surface area contributed by atoms with Gasteiger partial charge in [0, 0.05) is 37.9 Å². The molecule has 2 atom stereocenters. The third-order valence-corrected chi connectivity index (χ3v) is 8.79. The first-order chi connectivity index (χ1) is 17.4. The molecule has 0 radical (unpaired) electrons. The van der Waals surface area contributed by atoms with E-state index in [0.717, 1.165) is 37.8 Å². The van der Waals surface area contributed by atoms with Gasteiger partial charge in [-0.2, -0.15) is 0 Å². The molecule has 192 valence electrons. The van der Waals surface area contributed by atoms with Crippen LogP contribution in [0.1, 0.15) is 56.4 Å². The minimum absolute atomic E-state index is 0.0607. The van der Waals surface area contributed by atoms with E-state index >= 15 is 4.39 Å². The molecule has 2 aliphatic heterocycles. The Balaban J connectivity index is 1.10. The number of carbonyl (C=O) groups is 1. The van der Waals surface area contributed by atoms with Crippen LogP contribution >= 0.6 is 0 Å². The Labute approximate surface area is 211 Å². The quantitative estimate of drug-likeness (QED) is 0.535. The van der Waals surface area contributed by atoms with E-state index in [1.807, 2.05) is 30.4 Å². The zero-order valence-corrected chi connectivity index (χ0v) is 20.9. The van der Waals surface area contributed by atoms with E-state index in [9.17, 15) is 9.90 Å². The van der Waals surface area contributed by atoms with Gasteiger partial charge in [0.25, 0.3) is 0 Å². The van der Waals surface area contributed by atoms with Gasteiger partial charge in [-0.15, -0.1) is 0 Å². The van der Waals surface area contributed by atoms with Gasteiger partial charge in [-0.25, -0.2) is 4.39 Å². The fourth-order valence-corrected chi connectivity index (χ4v) is 6.73. The third kappa shape index (κ3) is 4.36. The van der Waals surface area contributed by atoms with Crippen LogP contribution in [0, 0.1) is 17.8 Å². The predicted molar refractivity (Wildman–Crippen MR) is 134 cm³/mol. The van der Waals surface area contributed by atoms with Gasteiger partial charge < -0.3 is 14.7 Å². The molecule has 5 aliphatic rings. The molecule has 1 N–H and O–H groups in total.